The Morgan fingerprint density at radius 2 is 2.00 bits per heavy atom. The molecule has 0 aliphatic rings. The van der Waals surface area contributed by atoms with Gasteiger partial charge in [0.1, 0.15) is 11.3 Å². The number of hydrogen-bond donors (Lipinski definition) is 2. The van der Waals surface area contributed by atoms with Gasteiger partial charge in [-0.15, -0.1) is 0 Å². The van der Waals surface area contributed by atoms with Gasteiger partial charge in [0.2, 0.25) is 0 Å². The van der Waals surface area contributed by atoms with Gasteiger partial charge in [-0.05, 0) is 25.3 Å². The quantitative estimate of drug-likeness (QED) is 0.775. The van der Waals surface area contributed by atoms with E-state index in [1.807, 2.05) is 12.1 Å². The molecule has 1 aromatic carbocycles. The molecule has 0 aliphatic carbocycles. The third-order valence-electron chi connectivity index (χ3n) is 4.28. The Hall–Kier alpha value is -1.32. The smallest absolute Gasteiger partial charge is 0.134 e. The van der Waals surface area contributed by atoms with Gasteiger partial charge in [-0.1, -0.05) is 38.5 Å². The molecule has 0 fully saturated rings. The van der Waals surface area contributed by atoms with Gasteiger partial charge in [-0.25, -0.2) is 0 Å². The number of rotatable bonds is 8. The number of hydrogen-bond acceptors (Lipinski definition) is 3. The standard InChI is InChI=1S/C18H27NO2/c1-4-5-9-18-16(11-19-14(3)13(2)12-20)15-8-6-7-10-17(15)21-18/h6-8,10,13-14,19-20H,4-5,9,11-12H2,1-3H3. The second kappa shape index (κ2) is 7.62. The minimum atomic E-state index is 0.211. The summed E-state index contributed by atoms with van der Waals surface area (Å²) in [5, 5.41) is 14.0. The minimum Gasteiger partial charge on any atom is -0.461 e. The molecule has 2 atom stereocenters. The van der Waals surface area contributed by atoms with Crippen LogP contribution in [0.2, 0.25) is 0 Å². The Labute approximate surface area is 127 Å². The maximum Gasteiger partial charge on any atom is 0.134 e. The molecule has 1 heterocycles. The summed E-state index contributed by atoms with van der Waals surface area (Å²) in [6, 6.07) is 8.52. The van der Waals surface area contributed by atoms with Crippen LogP contribution < -0.4 is 5.32 Å². The van der Waals surface area contributed by atoms with Crippen LogP contribution in [0.1, 0.15) is 44.9 Å². The van der Waals surface area contributed by atoms with Crippen molar-refractivity contribution >= 4 is 11.0 Å². The first-order valence-corrected chi connectivity index (χ1v) is 8.00. The zero-order chi connectivity index (χ0) is 15.2. The van der Waals surface area contributed by atoms with Gasteiger partial charge in [0.05, 0.1) is 0 Å². The number of benzene rings is 1. The van der Waals surface area contributed by atoms with Crippen LogP contribution in [0.15, 0.2) is 28.7 Å². The molecule has 2 aromatic rings. The summed E-state index contributed by atoms with van der Waals surface area (Å²) in [6.07, 6.45) is 3.31. The van der Waals surface area contributed by atoms with Crippen molar-refractivity contribution in [1.82, 2.24) is 5.32 Å². The van der Waals surface area contributed by atoms with Gasteiger partial charge in [0, 0.05) is 36.6 Å². The van der Waals surface area contributed by atoms with Gasteiger partial charge >= 0.3 is 0 Å². The molecular formula is C18H27NO2. The van der Waals surface area contributed by atoms with Crippen molar-refractivity contribution in [2.24, 2.45) is 5.92 Å². The highest BCUT2D eigenvalue weighted by molar-refractivity contribution is 5.82. The Bertz CT molecular complexity index is 561. The lowest BCUT2D eigenvalue weighted by molar-refractivity contribution is 0.207. The summed E-state index contributed by atoms with van der Waals surface area (Å²) in [5.41, 5.74) is 2.25. The van der Waals surface area contributed by atoms with Crippen LogP contribution >= 0.6 is 0 Å². The predicted molar refractivity (Wildman–Crippen MR) is 87.4 cm³/mol. The molecule has 0 spiro atoms. The van der Waals surface area contributed by atoms with Crippen molar-refractivity contribution in [2.45, 2.75) is 52.6 Å². The van der Waals surface area contributed by atoms with Gasteiger partial charge in [0.25, 0.3) is 0 Å². The number of unbranched alkanes of at least 4 members (excludes halogenated alkanes) is 1. The number of furan rings is 1. The van der Waals surface area contributed by atoms with Gasteiger partial charge in [-0.3, -0.25) is 0 Å². The van der Waals surface area contributed by atoms with E-state index in [1.54, 1.807) is 0 Å². The second-order valence-electron chi connectivity index (χ2n) is 5.93. The number of aliphatic hydroxyl groups excluding tert-OH is 1. The molecule has 2 N–H and O–H groups in total. The van der Waals surface area contributed by atoms with Crippen molar-refractivity contribution in [3.8, 4) is 0 Å². The van der Waals surface area contributed by atoms with Crippen LogP contribution in [-0.4, -0.2) is 17.8 Å². The number of nitrogens with one attached hydrogen (secondary N) is 1. The Morgan fingerprint density at radius 3 is 2.71 bits per heavy atom. The molecule has 2 unspecified atom stereocenters. The van der Waals surface area contributed by atoms with Crippen LogP contribution in [-0.2, 0) is 13.0 Å². The van der Waals surface area contributed by atoms with Crippen LogP contribution in [0.4, 0.5) is 0 Å². The average Bonchev–Trinajstić information content (AvgIpc) is 2.87. The maximum absolute atomic E-state index is 9.25. The maximum atomic E-state index is 9.25. The van der Waals surface area contributed by atoms with E-state index >= 15 is 0 Å². The summed E-state index contributed by atoms with van der Waals surface area (Å²) >= 11 is 0. The summed E-state index contributed by atoms with van der Waals surface area (Å²) in [5.74, 6) is 1.36. The number of para-hydroxylation sites is 1. The van der Waals surface area contributed by atoms with Crippen molar-refractivity contribution in [1.29, 1.82) is 0 Å². The largest absolute Gasteiger partial charge is 0.461 e. The van der Waals surface area contributed by atoms with Crippen LogP contribution in [0.3, 0.4) is 0 Å². The van der Waals surface area contributed by atoms with Crippen molar-refractivity contribution in [3.63, 3.8) is 0 Å². The van der Waals surface area contributed by atoms with Crippen LogP contribution in [0.5, 0.6) is 0 Å². The highest BCUT2D eigenvalue weighted by Crippen LogP contribution is 2.27. The molecule has 2 rings (SSSR count). The molecule has 0 amide bonds. The van der Waals surface area contributed by atoms with E-state index in [1.165, 1.54) is 17.4 Å². The molecule has 1 aromatic heterocycles. The topological polar surface area (TPSA) is 45.4 Å². The molecule has 0 saturated heterocycles. The molecule has 0 radical (unpaired) electrons. The van der Waals surface area contributed by atoms with Crippen molar-refractivity contribution < 1.29 is 9.52 Å². The number of fused-ring (bicyclic) bond motifs is 1. The van der Waals surface area contributed by atoms with Crippen LogP contribution in [0.25, 0.3) is 11.0 Å². The first kappa shape index (κ1) is 16.1. The van der Waals surface area contributed by atoms with E-state index in [4.69, 9.17) is 4.42 Å². The molecule has 21 heavy (non-hydrogen) atoms. The monoisotopic (exact) mass is 289 g/mol. The summed E-state index contributed by atoms with van der Waals surface area (Å²) in [6.45, 7) is 7.38. The lowest BCUT2D eigenvalue weighted by Crippen LogP contribution is -2.33. The second-order valence-corrected chi connectivity index (χ2v) is 5.93. The van der Waals surface area contributed by atoms with E-state index in [-0.39, 0.29) is 18.6 Å². The highest BCUT2D eigenvalue weighted by atomic mass is 16.3. The fraction of sp³-hybridized carbons (Fsp3) is 0.556. The van der Waals surface area contributed by atoms with E-state index in [0.29, 0.717) is 0 Å². The Kier molecular flexibility index (Phi) is 5.83. The normalized spacial score (nSPS) is 14.5. The Morgan fingerprint density at radius 1 is 1.24 bits per heavy atom. The molecular weight excluding hydrogens is 262 g/mol. The summed E-state index contributed by atoms with van der Waals surface area (Å²) in [7, 11) is 0. The van der Waals surface area contributed by atoms with Crippen molar-refractivity contribution in [2.75, 3.05) is 6.61 Å². The zero-order valence-corrected chi connectivity index (χ0v) is 13.4. The molecule has 0 saturated carbocycles. The van der Waals surface area contributed by atoms with E-state index in [9.17, 15) is 5.11 Å². The average molecular weight is 289 g/mol. The first-order valence-electron chi connectivity index (χ1n) is 8.00. The van der Waals surface area contributed by atoms with E-state index in [2.05, 4.69) is 38.2 Å². The highest BCUT2D eigenvalue weighted by Gasteiger charge is 2.16. The van der Waals surface area contributed by atoms with Gasteiger partial charge in [-0.2, -0.15) is 0 Å². The summed E-state index contributed by atoms with van der Waals surface area (Å²) < 4.78 is 6.03. The van der Waals surface area contributed by atoms with Crippen molar-refractivity contribution in [3.05, 3.63) is 35.6 Å². The van der Waals surface area contributed by atoms with E-state index in [0.717, 1.165) is 30.7 Å². The summed E-state index contributed by atoms with van der Waals surface area (Å²) in [4.78, 5) is 0. The fourth-order valence-corrected chi connectivity index (χ4v) is 2.50. The Balaban J connectivity index is 2.19. The lowest BCUT2D eigenvalue weighted by Gasteiger charge is -2.19. The third kappa shape index (κ3) is 3.86. The van der Waals surface area contributed by atoms with Gasteiger partial charge < -0.3 is 14.8 Å². The van der Waals surface area contributed by atoms with E-state index < -0.39 is 0 Å². The lowest BCUT2D eigenvalue weighted by atomic mass is 10.0. The first-order chi connectivity index (χ1) is 10.2. The van der Waals surface area contributed by atoms with Gasteiger partial charge in [0.15, 0.2) is 0 Å². The number of aliphatic hydroxyl groups is 1. The fourth-order valence-electron chi connectivity index (χ4n) is 2.50. The molecule has 0 aliphatic heterocycles. The molecule has 3 heteroatoms. The third-order valence-corrected chi connectivity index (χ3v) is 4.28. The molecule has 0 bridgehead atoms. The SMILES string of the molecule is CCCCc1oc2ccccc2c1CNC(C)C(C)CO. The minimum absolute atomic E-state index is 0.211. The number of aryl methyl sites for hydroxylation is 1. The zero-order valence-electron chi connectivity index (χ0n) is 13.4. The molecule has 3 nitrogen and oxygen atoms in total. The van der Waals surface area contributed by atoms with Crippen LogP contribution in [0, 0.1) is 5.92 Å². The predicted octanol–water partition coefficient (Wildman–Crippen LogP) is 3.88. The molecule has 116 valence electrons.